The van der Waals surface area contributed by atoms with Gasteiger partial charge in [-0.1, -0.05) is 13.8 Å². The Kier molecular flexibility index (Phi) is 4.30. The zero-order chi connectivity index (χ0) is 14.5. The summed E-state index contributed by atoms with van der Waals surface area (Å²) in [5.41, 5.74) is 2.34. The first-order valence-electron chi connectivity index (χ1n) is 6.59. The molecule has 0 radical (unpaired) electrons. The quantitative estimate of drug-likeness (QED) is 0.896. The highest BCUT2D eigenvalue weighted by Crippen LogP contribution is 2.22. The second kappa shape index (κ2) is 6.14. The van der Waals surface area contributed by atoms with Crippen molar-refractivity contribution < 1.29 is 9.90 Å². The smallest absolute Gasteiger partial charge is 0.225 e. The molecular weight excluding hydrogens is 254 g/mol. The Hall–Kier alpha value is -2.43. The molecule has 1 heterocycles. The molecule has 0 aliphatic carbocycles. The number of anilines is 1. The van der Waals surface area contributed by atoms with Crippen molar-refractivity contribution in [2.75, 3.05) is 5.32 Å². The minimum absolute atomic E-state index is 0.0774. The average Bonchev–Trinajstić information content (AvgIpc) is 2.48. The molecule has 2 N–H and O–H groups in total. The van der Waals surface area contributed by atoms with Gasteiger partial charge in [-0.3, -0.25) is 4.79 Å². The van der Waals surface area contributed by atoms with E-state index in [4.69, 9.17) is 0 Å². The number of carbonyl (C=O) groups is 1. The second-order valence-electron chi connectivity index (χ2n) is 4.35. The van der Waals surface area contributed by atoms with E-state index in [-0.39, 0.29) is 11.7 Å². The maximum absolute atomic E-state index is 11.4. The first kappa shape index (κ1) is 14.0. The van der Waals surface area contributed by atoms with Gasteiger partial charge in [0.25, 0.3) is 0 Å². The summed E-state index contributed by atoms with van der Waals surface area (Å²) in [5, 5.41) is 12.0. The van der Waals surface area contributed by atoms with E-state index in [9.17, 15) is 9.90 Å². The normalized spacial score (nSPS) is 10.3. The van der Waals surface area contributed by atoms with Gasteiger partial charge >= 0.3 is 0 Å². The van der Waals surface area contributed by atoms with Crippen LogP contribution in [0.4, 0.5) is 5.82 Å². The van der Waals surface area contributed by atoms with Crippen molar-refractivity contribution >= 4 is 11.7 Å². The Morgan fingerprint density at radius 3 is 2.55 bits per heavy atom. The van der Waals surface area contributed by atoms with Gasteiger partial charge in [-0.05, 0) is 30.7 Å². The minimum atomic E-state index is -0.0774. The van der Waals surface area contributed by atoms with Crippen LogP contribution in [0.15, 0.2) is 30.5 Å². The van der Waals surface area contributed by atoms with Crippen LogP contribution in [0, 0.1) is 0 Å². The lowest BCUT2D eigenvalue weighted by molar-refractivity contribution is -0.115. The van der Waals surface area contributed by atoms with Crippen LogP contribution in [0.1, 0.15) is 26.0 Å². The number of phenolic OH excluding ortho intramolecular Hbond substituents is 1. The summed E-state index contributed by atoms with van der Waals surface area (Å²) < 4.78 is 0. The predicted molar refractivity (Wildman–Crippen MR) is 77.4 cm³/mol. The number of benzene rings is 1. The third-order valence-corrected chi connectivity index (χ3v) is 2.92. The Morgan fingerprint density at radius 1 is 1.25 bits per heavy atom. The monoisotopic (exact) mass is 271 g/mol. The first-order chi connectivity index (χ1) is 9.63. The van der Waals surface area contributed by atoms with Gasteiger partial charge in [0.05, 0.1) is 17.6 Å². The molecule has 1 aromatic carbocycles. The van der Waals surface area contributed by atoms with Crippen molar-refractivity contribution in [3.05, 3.63) is 36.2 Å². The molecule has 0 spiro atoms. The Balaban J connectivity index is 2.33. The van der Waals surface area contributed by atoms with E-state index in [0.717, 1.165) is 17.0 Å². The SMILES string of the molecule is CCC(=O)Nc1ncc(-c2ccc(O)cc2)nc1CC. The maximum Gasteiger partial charge on any atom is 0.225 e. The number of amides is 1. The fourth-order valence-electron chi connectivity index (χ4n) is 1.77. The number of nitrogens with one attached hydrogen (secondary N) is 1. The van der Waals surface area contributed by atoms with Crippen molar-refractivity contribution in [2.45, 2.75) is 26.7 Å². The molecule has 0 atom stereocenters. The summed E-state index contributed by atoms with van der Waals surface area (Å²) in [4.78, 5) is 20.2. The third kappa shape index (κ3) is 3.12. The molecule has 0 bridgehead atoms. The summed E-state index contributed by atoms with van der Waals surface area (Å²) in [6.07, 6.45) is 2.71. The summed E-state index contributed by atoms with van der Waals surface area (Å²) in [5.74, 6) is 0.650. The molecular formula is C15H17N3O2. The molecule has 2 aromatic rings. The van der Waals surface area contributed by atoms with Gasteiger partial charge in [0.1, 0.15) is 5.75 Å². The van der Waals surface area contributed by atoms with Gasteiger partial charge < -0.3 is 10.4 Å². The number of rotatable bonds is 4. The van der Waals surface area contributed by atoms with Crippen LogP contribution in [0.25, 0.3) is 11.3 Å². The van der Waals surface area contributed by atoms with Crippen molar-refractivity contribution in [3.8, 4) is 17.0 Å². The minimum Gasteiger partial charge on any atom is -0.508 e. The van der Waals surface area contributed by atoms with E-state index in [1.165, 1.54) is 0 Å². The zero-order valence-electron chi connectivity index (χ0n) is 11.6. The highest BCUT2D eigenvalue weighted by Gasteiger charge is 2.09. The van der Waals surface area contributed by atoms with Crippen LogP contribution >= 0.6 is 0 Å². The van der Waals surface area contributed by atoms with Crippen LogP contribution in [0.3, 0.4) is 0 Å². The van der Waals surface area contributed by atoms with E-state index < -0.39 is 0 Å². The fourth-order valence-corrected chi connectivity index (χ4v) is 1.77. The Bertz CT molecular complexity index is 609. The standard InChI is InChI=1S/C15H17N3O2/c1-3-12-15(18-14(20)4-2)16-9-13(17-12)10-5-7-11(19)8-6-10/h5-9,19H,3-4H2,1-2H3,(H,16,18,20). The van der Waals surface area contributed by atoms with Gasteiger partial charge in [-0.15, -0.1) is 0 Å². The second-order valence-corrected chi connectivity index (χ2v) is 4.35. The van der Waals surface area contributed by atoms with E-state index >= 15 is 0 Å². The number of carbonyl (C=O) groups excluding carboxylic acids is 1. The lowest BCUT2D eigenvalue weighted by Crippen LogP contribution is -2.13. The molecule has 0 fully saturated rings. The fraction of sp³-hybridized carbons (Fsp3) is 0.267. The summed E-state index contributed by atoms with van der Waals surface area (Å²) in [6, 6.07) is 6.77. The molecule has 5 nitrogen and oxygen atoms in total. The number of hydrogen-bond acceptors (Lipinski definition) is 4. The molecule has 0 saturated carbocycles. The molecule has 5 heteroatoms. The number of phenols is 1. The molecule has 0 unspecified atom stereocenters. The van der Waals surface area contributed by atoms with Crippen LogP contribution in [-0.4, -0.2) is 21.0 Å². The number of aromatic nitrogens is 2. The zero-order valence-corrected chi connectivity index (χ0v) is 11.6. The largest absolute Gasteiger partial charge is 0.508 e. The Morgan fingerprint density at radius 2 is 1.95 bits per heavy atom. The van der Waals surface area contributed by atoms with Crippen LogP contribution in [-0.2, 0) is 11.2 Å². The van der Waals surface area contributed by atoms with Gasteiger partial charge in [0.2, 0.25) is 5.91 Å². The number of aromatic hydroxyl groups is 1. The van der Waals surface area contributed by atoms with Gasteiger partial charge in [0, 0.05) is 12.0 Å². The molecule has 0 saturated heterocycles. The highest BCUT2D eigenvalue weighted by molar-refractivity contribution is 5.90. The van der Waals surface area contributed by atoms with Gasteiger partial charge in [-0.2, -0.15) is 0 Å². The van der Waals surface area contributed by atoms with Crippen molar-refractivity contribution in [3.63, 3.8) is 0 Å². The number of aryl methyl sites for hydroxylation is 1. The van der Waals surface area contributed by atoms with Gasteiger partial charge in [-0.25, -0.2) is 9.97 Å². The molecule has 104 valence electrons. The lowest BCUT2D eigenvalue weighted by Gasteiger charge is -2.09. The van der Waals surface area contributed by atoms with Crippen LogP contribution in [0.2, 0.25) is 0 Å². The molecule has 20 heavy (non-hydrogen) atoms. The highest BCUT2D eigenvalue weighted by atomic mass is 16.3. The van der Waals surface area contributed by atoms with E-state index in [0.29, 0.717) is 18.7 Å². The lowest BCUT2D eigenvalue weighted by atomic mass is 10.1. The molecule has 1 aromatic heterocycles. The summed E-state index contributed by atoms with van der Waals surface area (Å²) in [6.45, 7) is 3.76. The predicted octanol–water partition coefficient (Wildman–Crippen LogP) is 2.76. The molecule has 0 aliphatic heterocycles. The topological polar surface area (TPSA) is 75.1 Å². The van der Waals surface area contributed by atoms with Crippen molar-refractivity contribution in [2.24, 2.45) is 0 Å². The van der Waals surface area contributed by atoms with Crippen molar-refractivity contribution in [1.29, 1.82) is 0 Å². The Labute approximate surface area is 117 Å². The number of nitrogens with zero attached hydrogens (tertiary/aromatic N) is 2. The average molecular weight is 271 g/mol. The van der Waals surface area contributed by atoms with E-state index in [2.05, 4.69) is 15.3 Å². The van der Waals surface area contributed by atoms with E-state index in [1.54, 1.807) is 37.4 Å². The first-order valence-corrected chi connectivity index (χ1v) is 6.59. The molecule has 2 rings (SSSR count). The van der Waals surface area contributed by atoms with Gasteiger partial charge in [0.15, 0.2) is 5.82 Å². The third-order valence-electron chi connectivity index (χ3n) is 2.92. The van der Waals surface area contributed by atoms with E-state index in [1.807, 2.05) is 6.92 Å². The summed E-state index contributed by atoms with van der Waals surface area (Å²) >= 11 is 0. The maximum atomic E-state index is 11.4. The number of hydrogen-bond donors (Lipinski definition) is 2. The molecule has 0 aliphatic rings. The van der Waals surface area contributed by atoms with Crippen LogP contribution in [0.5, 0.6) is 5.75 Å². The summed E-state index contributed by atoms with van der Waals surface area (Å²) in [7, 11) is 0. The van der Waals surface area contributed by atoms with Crippen LogP contribution < -0.4 is 5.32 Å². The van der Waals surface area contributed by atoms with Crippen molar-refractivity contribution in [1.82, 2.24) is 9.97 Å². The molecule has 1 amide bonds.